The number of nitrogens with zero attached hydrogens (tertiary/aromatic N) is 9. The molecule has 344 valence electrons. The largest absolute Gasteiger partial charge is 0.496 e. The second kappa shape index (κ2) is 17.7. The number of amides is 4. The number of piperazine rings is 1. The predicted octanol–water partition coefficient (Wildman–Crippen LogP) is 4.58. The van der Waals surface area contributed by atoms with Crippen LogP contribution in [0.5, 0.6) is 17.2 Å². The first-order valence-electron chi connectivity index (χ1n) is 22.4. The molecule has 4 fully saturated rings. The zero-order chi connectivity index (χ0) is 46.5. The summed E-state index contributed by atoms with van der Waals surface area (Å²) in [5, 5.41) is 12.4. The number of anilines is 3. The molecule has 0 radical (unpaired) electrons. The number of aromatic nitrogens is 3. The van der Waals surface area contributed by atoms with Crippen molar-refractivity contribution in [3.05, 3.63) is 100.0 Å². The highest BCUT2D eigenvalue weighted by Gasteiger charge is 2.46. The van der Waals surface area contributed by atoms with Crippen LogP contribution in [0.25, 0.3) is 16.6 Å². The van der Waals surface area contributed by atoms with Gasteiger partial charge in [-0.25, -0.2) is 18.7 Å². The van der Waals surface area contributed by atoms with E-state index in [2.05, 4.69) is 25.0 Å². The second-order valence-electron chi connectivity index (χ2n) is 17.5. The molecular formula is C48H46F2N10O7. The summed E-state index contributed by atoms with van der Waals surface area (Å²) < 4.78 is 42.0. The molecule has 19 heteroatoms. The predicted molar refractivity (Wildman–Crippen MR) is 241 cm³/mol. The third kappa shape index (κ3) is 8.15. The van der Waals surface area contributed by atoms with Crippen LogP contribution in [0.15, 0.2) is 71.9 Å². The van der Waals surface area contributed by atoms with Gasteiger partial charge in [-0.3, -0.25) is 43.7 Å². The smallest absolute Gasteiger partial charge is 0.266 e. The van der Waals surface area contributed by atoms with Gasteiger partial charge in [0.15, 0.2) is 11.6 Å². The van der Waals surface area contributed by atoms with Gasteiger partial charge >= 0.3 is 0 Å². The number of benzene rings is 3. The molecule has 5 aromatic rings. The van der Waals surface area contributed by atoms with Crippen molar-refractivity contribution in [1.29, 1.82) is 5.26 Å². The quantitative estimate of drug-likeness (QED) is 0.192. The summed E-state index contributed by atoms with van der Waals surface area (Å²) >= 11 is 0. The number of nitriles is 1. The molecule has 1 unspecified atom stereocenters. The summed E-state index contributed by atoms with van der Waals surface area (Å²) in [6, 6.07) is 15.4. The van der Waals surface area contributed by atoms with E-state index in [0.29, 0.717) is 48.9 Å². The number of fused-ring (bicyclic) bond motifs is 2. The van der Waals surface area contributed by atoms with Crippen molar-refractivity contribution in [2.45, 2.75) is 44.3 Å². The number of rotatable bonds is 10. The topological polar surface area (TPSA) is 187 Å². The Hall–Kier alpha value is -7.46. The first-order chi connectivity index (χ1) is 32.5. The van der Waals surface area contributed by atoms with Crippen molar-refractivity contribution in [3.63, 3.8) is 0 Å². The molecule has 0 saturated carbocycles. The molecule has 1 N–H and O–H groups in total. The number of carbonyl (C=O) groups excluding carboxylic acids is 4. The van der Waals surface area contributed by atoms with Gasteiger partial charge in [0.2, 0.25) is 11.8 Å². The molecule has 67 heavy (non-hydrogen) atoms. The highest BCUT2D eigenvalue weighted by atomic mass is 19.1. The highest BCUT2D eigenvalue weighted by molar-refractivity contribution is 6.25. The van der Waals surface area contributed by atoms with E-state index in [1.54, 1.807) is 35.4 Å². The standard InChI is InChI=1S/C48H46F2N10O7/c1-66-40-21-31(20-34-43(40)48(65)60(47(34)64)39-7-9-42(61)54-45(39)62)56-18-16-55(17-19-56)25-28-10-13-57(14-11-28)41-8-2-30(24-52-41)59-27-53-37-5-3-32(22-33(37)46(59)63)67-44-35(23-51)38(6-4-36(44)50)58-15-12-29(49)26-58/h2-6,8,20-22,24,27-29,39H,7,9-19,25-26H2,1H3,(H,54,61,62)/t29-,39?/m1/s1. The van der Waals surface area contributed by atoms with Crippen molar-refractivity contribution in [1.82, 2.24) is 29.7 Å². The Morgan fingerprint density at radius 2 is 1.63 bits per heavy atom. The Labute approximate surface area is 383 Å². The van der Waals surface area contributed by atoms with E-state index in [1.165, 1.54) is 36.2 Å². The van der Waals surface area contributed by atoms with Crippen LogP contribution in [0.1, 0.15) is 58.4 Å². The molecule has 0 bridgehead atoms. The molecule has 0 spiro atoms. The minimum atomic E-state index is -1.06. The molecule has 2 atom stereocenters. The van der Waals surface area contributed by atoms with Crippen LogP contribution in [0.2, 0.25) is 0 Å². The molecule has 4 saturated heterocycles. The van der Waals surface area contributed by atoms with Crippen molar-refractivity contribution in [2.24, 2.45) is 5.92 Å². The van der Waals surface area contributed by atoms with Gasteiger partial charge in [-0.15, -0.1) is 0 Å². The van der Waals surface area contributed by atoms with E-state index in [0.717, 1.165) is 62.0 Å². The van der Waals surface area contributed by atoms with Crippen molar-refractivity contribution in [2.75, 3.05) is 80.7 Å². The van der Waals surface area contributed by atoms with E-state index in [1.807, 2.05) is 18.2 Å². The van der Waals surface area contributed by atoms with E-state index in [-0.39, 0.29) is 64.3 Å². The Morgan fingerprint density at radius 3 is 2.33 bits per heavy atom. The molecule has 5 aliphatic rings. The number of halogens is 2. The van der Waals surface area contributed by atoms with Crippen LogP contribution >= 0.6 is 0 Å². The summed E-state index contributed by atoms with van der Waals surface area (Å²) in [7, 11) is 1.45. The molecule has 2 aromatic heterocycles. The van der Waals surface area contributed by atoms with Crippen molar-refractivity contribution < 1.29 is 37.4 Å². The SMILES string of the molecule is COc1cc(N2CCN(CC3CCN(c4ccc(-n5cnc6ccc(Oc7c(F)ccc(N8CC[C@@H](F)C8)c7C#N)cc6c5=O)cn4)CC3)CC2)cc2c1C(=O)N(C1CCC(=O)NC1=O)C2=O. The lowest BCUT2D eigenvalue weighted by atomic mass is 9.96. The monoisotopic (exact) mass is 912 g/mol. The molecular weight excluding hydrogens is 867 g/mol. The number of carbonyl (C=O) groups is 4. The number of alkyl halides is 1. The summed E-state index contributed by atoms with van der Waals surface area (Å²) in [5.74, 6) is -1.62. The lowest BCUT2D eigenvalue weighted by molar-refractivity contribution is -0.136. The summed E-state index contributed by atoms with van der Waals surface area (Å²) in [6.45, 7) is 6.12. The highest BCUT2D eigenvalue weighted by Crippen LogP contribution is 2.39. The zero-order valence-corrected chi connectivity index (χ0v) is 36.6. The van der Waals surface area contributed by atoms with Crippen LogP contribution in [0, 0.1) is 23.1 Å². The van der Waals surface area contributed by atoms with Gasteiger partial charge in [-0.2, -0.15) is 5.26 Å². The number of methoxy groups -OCH3 is 1. The zero-order valence-electron chi connectivity index (χ0n) is 36.6. The Bertz CT molecular complexity index is 2930. The van der Waals surface area contributed by atoms with Gasteiger partial charge in [-0.1, -0.05) is 0 Å². The van der Waals surface area contributed by atoms with E-state index in [4.69, 9.17) is 14.5 Å². The minimum Gasteiger partial charge on any atom is -0.496 e. The Balaban J connectivity index is 0.745. The third-order valence-electron chi connectivity index (χ3n) is 13.5. The number of piperidine rings is 2. The Kier molecular flexibility index (Phi) is 11.5. The number of imide groups is 2. The van der Waals surface area contributed by atoms with E-state index >= 15 is 4.39 Å². The third-order valence-corrected chi connectivity index (χ3v) is 13.5. The maximum Gasteiger partial charge on any atom is 0.266 e. The average Bonchev–Trinajstić information content (AvgIpc) is 3.88. The first-order valence-corrected chi connectivity index (χ1v) is 22.4. The second-order valence-corrected chi connectivity index (χ2v) is 17.5. The molecule has 0 aliphatic carbocycles. The molecule has 5 aliphatic heterocycles. The minimum absolute atomic E-state index is 0.0428. The van der Waals surface area contributed by atoms with Gasteiger partial charge in [0.05, 0.1) is 46.7 Å². The number of ether oxygens (including phenoxy) is 2. The van der Waals surface area contributed by atoms with Gasteiger partial charge < -0.3 is 24.2 Å². The lowest BCUT2D eigenvalue weighted by Crippen LogP contribution is -2.54. The van der Waals surface area contributed by atoms with Gasteiger partial charge in [0.25, 0.3) is 17.4 Å². The van der Waals surface area contributed by atoms with Crippen LogP contribution in [0.3, 0.4) is 0 Å². The van der Waals surface area contributed by atoms with Gasteiger partial charge in [0.1, 0.15) is 47.5 Å². The maximum absolute atomic E-state index is 15.1. The lowest BCUT2D eigenvalue weighted by Gasteiger charge is -2.40. The fraction of sp³-hybridized carbons (Fsp3) is 0.375. The van der Waals surface area contributed by atoms with Crippen LogP contribution in [-0.4, -0.2) is 126 Å². The molecule has 10 rings (SSSR count). The fourth-order valence-electron chi connectivity index (χ4n) is 9.92. The normalized spacial score (nSPS) is 20.4. The number of pyridine rings is 1. The number of hydrogen-bond acceptors (Lipinski definition) is 14. The van der Waals surface area contributed by atoms with Gasteiger partial charge in [-0.05, 0) is 80.1 Å². The van der Waals surface area contributed by atoms with E-state index in [9.17, 15) is 33.6 Å². The Morgan fingerprint density at radius 1 is 0.836 bits per heavy atom. The maximum atomic E-state index is 15.1. The summed E-state index contributed by atoms with van der Waals surface area (Å²) in [6.07, 6.45) is 4.42. The van der Waals surface area contributed by atoms with Gasteiger partial charge in [0, 0.05) is 77.1 Å². The summed E-state index contributed by atoms with van der Waals surface area (Å²) in [5.41, 5.74) is 1.95. The molecule has 7 heterocycles. The number of nitrogens with one attached hydrogen (secondary N) is 1. The van der Waals surface area contributed by atoms with Crippen LogP contribution in [-0.2, 0) is 9.59 Å². The first kappa shape index (κ1) is 43.4. The fourth-order valence-corrected chi connectivity index (χ4v) is 9.92. The average molecular weight is 913 g/mol. The molecule has 17 nitrogen and oxygen atoms in total. The molecule has 3 aromatic carbocycles. The van der Waals surface area contributed by atoms with Crippen molar-refractivity contribution in [3.8, 4) is 29.0 Å². The number of hydrogen-bond donors (Lipinski definition) is 1. The van der Waals surface area contributed by atoms with Crippen LogP contribution in [0.4, 0.5) is 26.0 Å². The summed E-state index contributed by atoms with van der Waals surface area (Å²) in [4.78, 5) is 83.9. The van der Waals surface area contributed by atoms with Crippen LogP contribution < -0.4 is 35.0 Å². The molecule has 4 amide bonds. The van der Waals surface area contributed by atoms with E-state index < -0.39 is 41.7 Å². The van der Waals surface area contributed by atoms with Crippen molar-refractivity contribution >= 4 is 51.7 Å².